The molecule has 0 spiro atoms. The van der Waals surface area contributed by atoms with Crippen molar-refractivity contribution in [3.63, 3.8) is 0 Å². The average molecular weight is 531 g/mol. The van der Waals surface area contributed by atoms with Crippen LogP contribution in [0.25, 0.3) is 5.70 Å². The molecule has 0 aliphatic heterocycles. The first-order chi connectivity index (χ1) is 13.4. The lowest BCUT2D eigenvalue weighted by Gasteiger charge is -2.15. The van der Waals surface area contributed by atoms with Crippen LogP contribution < -0.4 is 5.32 Å². The fourth-order valence-electron chi connectivity index (χ4n) is 2.84. The van der Waals surface area contributed by atoms with Crippen molar-refractivity contribution in [2.75, 3.05) is 12.1 Å². The van der Waals surface area contributed by atoms with E-state index in [1.807, 2.05) is 30.7 Å². The Kier molecular flexibility index (Phi) is 7.16. The van der Waals surface area contributed by atoms with E-state index >= 15 is 0 Å². The number of halogens is 1. The lowest BCUT2D eigenvalue weighted by molar-refractivity contribution is 0.684. The molecule has 28 heavy (non-hydrogen) atoms. The Labute approximate surface area is 181 Å². The van der Waals surface area contributed by atoms with Gasteiger partial charge in [-0.15, -0.1) is 5.10 Å². The van der Waals surface area contributed by atoms with Crippen LogP contribution in [-0.2, 0) is 17.8 Å². The zero-order chi connectivity index (χ0) is 20.3. The van der Waals surface area contributed by atoms with Crippen LogP contribution in [0.1, 0.15) is 24.1 Å². The maximum atomic E-state index is 11.7. The Morgan fingerprint density at radius 1 is 1.54 bits per heavy atom. The smallest absolute Gasteiger partial charge is 0.176 e. The van der Waals surface area contributed by atoms with E-state index in [4.69, 9.17) is 4.99 Å². The van der Waals surface area contributed by atoms with E-state index in [1.54, 1.807) is 17.1 Å². The van der Waals surface area contributed by atoms with E-state index in [2.05, 4.69) is 49.3 Å². The minimum atomic E-state index is -0.991. The van der Waals surface area contributed by atoms with Crippen molar-refractivity contribution in [3.05, 3.63) is 35.3 Å². The summed E-state index contributed by atoms with van der Waals surface area (Å²) in [6, 6.07) is 1.94. The first-order valence-corrected chi connectivity index (χ1v) is 14.5. The zero-order valence-corrected chi connectivity index (χ0v) is 20.0. The van der Waals surface area contributed by atoms with Crippen LogP contribution in [0.15, 0.2) is 34.0 Å². The number of aliphatic imine (C=N–C) groups is 2. The predicted molar refractivity (Wildman–Crippen MR) is 126 cm³/mol. The van der Waals surface area contributed by atoms with E-state index in [9.17, 15) is 4.21 Å². The van der Waals surface area contributed by atoms with Crippen molar-refractivity contribution in [2.24, 2.45) is 23.0 Å². The molecule has 11 heteroatoms. The summed E-state index contributed by atoms with van der Waals surface area (Å²) < 4.78 is 15.4. The molecule has 2 aromatic rings. The van der Waals surface area contributed by atoms with Crippen LogP contribution in [0.3, 0.4) is 0 Å². The second-order valence-electron chi connectivity index (χ2n) is 6.59. The molecule has 8 nitrogen and oxygen atoms in total. The van der Waals surface area contributed by atoms with Gasteiger partial charge in [-0.1, -0.05) is 0 Å². The molecule has 0 saturated heterocycles. The molecule has 0 aromatic carbocycles. The normalized spacial score (nSPS) is 17.1. The number of aryl methyl sites for hydroxylation is 2. The van der Waals surface area contributed by atoms with E-state index in [0.29, 0.717) is 29.8 Å². The van der Waals surface area contributed by atoms with Gasteiger partial charge in [0, 0.05) is 53.2 Å². The average Bonchev–Trinajstić information content (AvgIpc) is 3.30. The maximum absolute atomic E-state index is 11.7. The number of aromatic nitrogens is 4. The second kappa shape index (κ2) is 9.41. The molecule has 0 amide bonds. The largest absolute Gasteiger partial charge is 0.373 e. The van der Waals surface area contributed by atoms with Crippen LogP contribution in [0, 0.1) is 12.8 Å². The highest BCUT2D eigenvalue weighted by atomic mass is 127. The molecule has 1 fully saturated rings. The van der Waals surface area contributed by atoms with Crippen LogP contribution in [0.2, 0.25) is 0 Å². The third-order valence-corrected chi connectivity index (χ3v) is 6.80. The summed E-state index contributed by atoms with van der Waals surface area (Å²) >= 11 is 2.29. The lowest BCUT2D eigenvalue weighted by atomic mass is 10.0. The summed E-state index contributed by atoms with van der Waals surface area (Å²) in [7, 11) is 0.881. The molecule has 150 valence electrons. The van der Waals surface area contributed by atoms with Crippen molar-refractivity contribution in [1.82, 2.24) is 24.6 Å². The van der Waals surface area contributed by atoms with Gasteiger partial charge in [-0.25, -0.2) is 14.4 Å². The number of nitrogens with zero attached hydrogens (tertiary/aromatic N) is 6. The van der Waals surface area contributed by atoms with Crippen molar-refractivity contribution in [2.45, 2.75) is 19.8 Å². The van der Waals surface area contributed by atoms with Gasteiger partial charge in [-0.05, 0) is 54.4 Å². The Hall–Kier alpha value is -1.39. The van der Waals surface area contributed by atoms with E-state index in [0.717, 1.165) is 35.4 Å². The van der Waals surface area contributed by atoms with E-state index < -0.39 is 10.8 Å². The Balaban J connectivity index is 2.11. The van der Waals surface area contributed by atoms with Crippen molar-refractivity contribution < 1.29 is 4.21 Å². The van der Waals surface area contributed by atoms with Gasteiger partial charge >= 0.3 is 0 Å². The monoisotopic (exact) mass is 531 g/mol. The molecular formula is C17H23IN7OPS. The summed E-state index contributed by atoms with van der Waals surface area (Å²) in [5.41, 5.74) is 3.82. The Morgan fingerprint density at radius 2 is 2.29 bits per heavy atom. The molecular weight excluding hydrogens is 508 g/mol. The summed E-state index contributed by atoms with van der Waals surface area (Å²) in [4.78, 5) is 8.94. The van der Waals surface area contributed by atoms with Gasteiger partial charge in [0.1, 0.15) is 0 Å². The maximum Gasteiger partial charge on any atom is 0.176 e. The first kappa shape index (κ1) is 21.3. The zero-order valence-electron chi connectivity index (χ0n) is 16.0. The van der Waals surface area contributed by atoms with E-state index in [-0.39, 0.29) is 0 Å². The second-order valence-corrected chi connectivity index (χ2v) is 10.1. The fraction of sp³-hybridized carbons (Fsp3) is 0.412. The molecule has 1 saturated carbocycles. The van der Waals surface area contributed by atoms with Gasteiger partial charge in [0.25, 0.3) is 0 Å². The standard InChI is InChI=1S/C17H23IN7OPS/c1-11-7-14(23-25(11)27-18)22-17(19-2)15(12-5-6-12)16(20-10-28(4)26)13-8-21-24(3)9-13/h7-9,12,20,27H,2,5-6,10H2,1,3-4H3/b16-15-,22-17?. The first-order valence-electron chi connectivity index (χ1n) is 8.69. The molecule has 2 heterocycles. The van der Waals surface area contributed by atoms with Crippen molar-refractivity contribution >= 4 is 63.3 Å². The highest BCUT2D eigenvalue weighted by Gasteiger charge is 2.33. The third-order valence-electron chi connectivity index (χ3n) is 4.27. The number of nitrogens with one attached hydrogen (secondary N) is 1. The summed E-state index contributed by atoms with van der Waals surface area (Å²) in [5.74, 6) is 1.85. The molecule has 0 radical (unpaired) electrons. The molecule has 1 aliphatic carbocycles. The third kappa shape index (κ3) is 5.15. The van der Waals surface area contributed by atoms with Crippen LogP contribution in [0.5, 0.6) is 0 Å². The highest BCUT2D eigenvalue weighted by Crippen LogP contribution is 2.41. The van der Waals surface area contributed by atoms with Crippen LogP contribution in [-0.4, -0.2) is 48.2 Å². The van der Waals surface area contributed by atoms with Crippen molar-refractivity contribution in [1.29, 1.82) is 0 Å². The number of hydrogen-bond donors (Lipinski definition) is 1. The van der Waals surface area contributed by atoms with Gasteiger partial charge in [-0.2, -0.15) is 5.10 Å². The minimum absolute atomic E-state index is 0.340. The number of rotatable bonds is 8. The van der Waals surface area contributed by atoms with Crippen molar-refractivity contribution in [3.8, 4) is 0 Å². The molecule has 2 unspecified atom stereocenters. The number of amidine groups is 1. The van der Waals surface area contributed by atoms with E-state index in [1.165, 1.54) is 0 Å². The summed E-state index contributed by atoms with van der Waals surface area (Å²) in [6.45, 7) is 5.77. The van der Waals surface area contributed by atoms with Gasteiger partial charge in [0.15, 0.2) is 11.7 Å². The van der Waals surface area contributed by atoms with Crippen LogP contribution >= 0.6 is 28.4 Å². The predicted octanol–water partition coefficient (Wildman–Crippen LogP) is 3.19. The fourth-order valence-corrected chi connectivity index (χ4v) is 4.99. The Morgan fingerprint density at radius 3 is 2.79 bits per heavy atom. The molecule has 2 atom stereocenters. The van der Waals surface area contributed by atoms with Gasteiger partial charge in [0.2, 0.25) is 0 Å². The van der Waals surface area contributed by atoms with Crippen LogP contribution in [0.4, 0.5) is 5.82 Å². The summed E-state index contributed by atoms with van der Waals surface area (Å²) in [5, 5.41) is 12.1. The van der Waals surface area contributed by atoms with Gasteiger partial charge < -0.3 is 5.32 Å². The summed E-state index contributed by atoms with van der Waals surface area (Å²) in [6.07, 6.45) is 8.03. The molecule has 1 aliphatic rings. The lowest BCUT2D eigenvalue weighted by Crippen LogP contribution is -2.21. The SMILES string of the molecule is C=NC(=Nc1cc(C)n(PI)n1)/C(=C(\NCS(C)=O)c1cnn(C)c1)C1CC1. The molecule has 3 rings (SSSR count). The van der Waals surface area contributed by atoms with Gasteiger partial charge in [0.05, 0.1) is 24.1 Å². The highest BCUT2D eigenvalue weighted by molar-refractivity contribution is 14.2. The minimum Gasteiger partial charge on any atom is -0.373 e. The quantitative estimate of drug-likeness (QED) is 0.245. The molecule has 2 aromatic heterocycles. The van der Waals surface area contributed by atoms with Gasteiger partial charge in [-0.3, -0.25) is 8.89 Å². The molecule has 0 bridgehead atoms. The Bertz CT molecular complexity index is 961. The topological polar surface area (TPSA) is 89.5 Å². The molecule has 1 N–H and O–H groups in total. The number of hydrogen-bond acceptors (Lipinski definition) is 5.